The first kappa shape index (κ1) is 19.1. The molecular formula is C18H26N2O5S. The Morgan fingerprint density at radius 2 is 1.92 bits per heavy atom. The van der Waals surface area contributed by atoms with Crippen molar-refractivity contribution in [3.05, 3.63) is 24.3 Å². The van der Waals surface area contributed by atoms with Crippen LogP contribution in [0.1, 0.15) is 25.7 Å². The lowest BCUT2D eigenvalue weighted by Gasteiger charge is -2.30. The van der Waals surface area contributed by atoms with Crippen LogP contribution in [0.3, 0.4) is 0 Å². The van der Waals surface area contributed by atoms with Crippen molar-refractivity contribution in [3.63, 3.8) is 0 Å². The Morgan fingerprint density at radius 3 is 2.50 bits per heavy atom. The summed E-state index contributed by atoms with van der Waals surface area (Å²) in [5.41, 5.74) is 0. The Kier molecular flexibility index (Phi) is 6.16. The molecule has 2 aliphatic heterocycles. The van der Waals surface area contributed by atoms with Crippen molar-refractivity contribution in [1.82, 2.24) is 9.62 Å². The quantitative estimate of drug-likeness (QED) is 0.804. The van der Waals surface area contributed by atoms with E-state index < -0.39 is 10.0 Å². The molecule has 26 heavy (non-hydrogen) atoms. The van der Waals surface area contributed by atoms with Gasteiger partial charge in [-0.25, -0.2) is 8.42 Å². The summed E-state index contributed by atoms with van der Waals surface area (Å²) in [5.74, 6) is 0.478. The predicted octanol–water partition coefficient (Wildman–Crippen LogP) is 1.39. The van der Waals surface area contributed by atoms with Crippen molar-refractivity contribution < 1.29 is 22.7 Å². The van der Waals surface area contributed by atoms with Crippen LogP contribution < -0.4 is 10.1 Å². The molecule has 1 aromatic rings. The fraction of sp³-hybridized carbons (Fsp3) is 0.611. The van der Waals surface area contributed by atoms with Crippen LogP contribution in [0.4, 0.5) is 0 Å². The molecule has 7 nitrogen and oxygen atoms in total. The SMILES string of the molecule is COc1ccc(S(=O)(=O)N2CCC(C(=O)NC[C@H]3CCCO3)CC2)cc1. The highest BCUT2D eigenvalue weighted by Crippen LogP contribution is 2.25. The Balaban J connectivity index is 1.52. The highest BCUT2D eigenvalue weighted by Gasteiger charge is 2.32. The van der Waals surface area contributed by atoms with E-state index in [9.17, 15) is 13.2 Å². The maximum atomic E-state index is 12.7. The van der Waals surface area contributed by atoms with E-state index in [0.717, 1.165) is 19.4 Å². The Labute approximate surface area is 154 Å². The van der Waals surface area contributed by atoms with Gasteiger partial charge in [-0.3, -0.25) is 4.79 Å². The highest BCUT2D eigenvalue weighted by atomic mass is 32.2. The van der Waals surface area contributed by atoms with Gasteiger partial charge in [-0.1, -0.05) is 0 Å². The molecule has 0 radical (unpaired) electrons. The van der Waals surface area contributed by atoms with Gasteiger partial charge >= 0.3 is 0 Å². The molecule has 0 spiro atoms. The van der Waals surface area contributed by atoms with Gasteiger partial charge in [-0.15, -0.1) is 0 Å². The van der Waals surface area contributed by atoms with Gasteiger partial charge in [0.05, 0.1) is 18.1 Å². The van der Waals surface area contributed by atoms with Crippen LogP contribution >= 0.6 is 0 Å². The fourth-order valence-electron chi connectivity index (χ4n) is 3.42. The van der Waals surface area contributed by atoms with Gasteiger partial charge in [0.2, 0.25) is 15.9 Å². The second kappa shape index (κ2) is 8.37. The minimum Gasteiger partial charge on any atom is -0.497 e. The molecule has 2 fully saturated rings. The fourth-order valence-corrected chi connectivity index (χ4v) is 4.89. The average molecular weight is 382 g/mol. The first-order chi connectivity index (χ1) is 12.5. The number of sulfonamides is 1. The minimum absolute atomic E-state index is 0.00185. The van der Waals surface area contributed by atoms with E-state index in [2.05, 4.69) is 5.32 Å². The molecule has 144 valence electrons. The monoisotopic (exact) mass is 382 g/mol. The van der Waals surface area contributed by atoms with Crippen LogP contribution in [0.5, 0.6) is 5.75 Å². The van der Waals surface area contributed by atoms with Crippen molar-refractivity contribution in [3.8, 4) is 5.75 Å². The van der Waals surface area contributed by atoms with E-state index in [1.54, 1.807) is 24.3 Å². The molecule has 3 rings (SSSR count). The number of piperidine rings is 1. The Hall–Kier alpha value is -1.64. The van der Waals surface area contributed by atoms with Crippen molar-refractivity contribution in [2.24, 2.45) is 5.92 Å². The summed E-state index contributed by atoms with van der Waals surface area (Å²) in [4.78, 5) is 12.6. The van der Waals surface area contributed by atoms with Gasteiger partial charge in [0.1, 0.15) is 5.75 Å². The number of carbonyl (C=O) groups is 1. The van der Waals surface area contributed by atoms with Gasteiger partial charge in [-0.2, -0.15) is 4.31 Å². The van der Waals surface area contributed by atoms with Crippen molar-refractivity contribution in [2.45, 2.75) is 36.7 Å². The van der Waals surface area contributed by atoms with Crippen LogP contribution in [0.15, 0.2) is 29.2 Å². The first-order valence-corrected chi connectivity index (χ1v) is 10.5. The van der Waals surface area contributed by atoms with E-state index in [-0.39, 0.29) is 22.8 Å². The minimum atomic E-state index is -3.54. The summed E-state index contributed by atoms with van der Waals surface area (Å²) in [5, 5.41) is 2.95. The van der Waals surface area contributed by atoms with Crippen LogP contribution in [-0.2, 0) is 19.6 Å². The molecule has 0 unspecified atom stereocenters. The number of methoxy groups -OCH3 is 1. The van der Waals surface area contributed by atoms with E-state index in [0.29, 0.717) is 38.2 Å². The summed E-state index contributed by atoms with van der Waals surface area (Å²) in [6.07, 6.45) is 3.22. The Bertz CT molecular complexity index is 706. The molecule has 0 bridgehead atoms. The van der Waals surface area contributed by atoms with Crippen LogP contribution in [0.2, 0.25) is 0 Å². The van der Waals surface area contributed by atoms with E-state index in [1.807, 2.05) is 0 Å². The second-order valence-corrected chi connectivity index (χ2v) is 8.67. The van der Waals surface area contributed by atoms with Gasteiger partial charge in [-0.05, 0) is 49.9 Å². The van der Waals surface area contributed by atoms with Gasteiger partial charge in [0.25, 0.3) is 0 Å². The zero-order valence-electron chi connectivity index (χ0n) is 15.0. The van der Waals surface area contributed by atoms with Crippen LogP contribution in [0, 0.1) is 5.92 Å². The van der Waals surface area contributed by atoms with Gasteiger partial charge < -0.3 is 14.8 Å². The molecule has 2 aliphatic rings. The van der Waals surface area contributed by atoms with E-state index in [1.165, 1.54) is 11.4 Å². The summed E-state index contributed by atoms with van der Waals surface area (Å²) in [6.45, 7) is 2.02. The number of hydrogen-bond acceptors (Lipinski definition) is 5. The third kappa shape index (κ3) is 4.36. The predicted molar refractivity (Wildman–Crippen MR) is 96.5 cm³/mol. The number of carbonyl (C=O) groups excluding carboxylic acids is 1. The number of nitrogens with one attached hydrogen (secondary N) is 1. The lowest BCUT2D eigenvalue weighted by atomic mass is 9.97. The standard InChI is InChI=1S/C18H26N2O5S/c1-24-15-4-6-17(7-5-15)26(22,23)20-10-8-14(9-11-20)18(21)19-13-16-3-2-12-25-16/h4-7,14,16H,2-3,8-13H2,1H3,(H,19,21)/t16-/m1/s1. The topological polar surface area (TPSA) is 84.9 Å². The lowest BCUT2D eigenvalue weighted by Crippen LogP contribution is -2.44. The molecule has 2 heterocycles. The normalized spacial score (nSPS) is 22.3. The molecular weight excluding hydrogens is 356 g/mol. The van der Waals surface area contributed by atoms with Gasteiger partial charge in [0.15, 0.2) is 0 Å². The number of nitrogens with zero attached hydrogens (tertiary/aromatic N) is 1. The second-order valence-electron chi connectivity index (χ2n) is 6.73. The summed E-state index contributed by atoms with van der Waals surface area (Å²) >= 11 is 0. The third-order valence-corrected chi connectivity index (χ3v) is 6.96. The van der Waals surface area contributed by atoms with E-state index >= 15 is 0 Å². The summed E-state index contributed by atoms with van der Waals surface area (Å²) in [7, 11) is -2.00. The number of hydrogen-bond donors (Lipinski definition) is 1. The number of benzene rings is 1. The summed E-state index contributed by atoms with van der Waals surface area (Å²) in [6, 6.07) is 6.37. The van der Waals surface area contributed by atoms with Crippen molar-refractivity contribution >= 4 is 15.9 Å². The number of ether oxygens (including phenoxy) is 2. The molecule has 1 atom stereocenters. The maximum Gasteiger partial charge on any atom is 0.243 e. The maximum absolute atomic E-state index is 12.7. The molecule has 0 saturated carbocycles. The lowest BCUT2D eigenvalue weighted by molar-refractivity contribution is -0.126. The van der Waals surface area contributed by atoms with E-state index in [4.69, 9.17) is 9.47 Å². The molecule has 1 aromatic carbocycles. The number of amides is 1. The van der Waals surface area contributed by atoms with Gasteiger partial charge in [0, 0.05) is 32.2 Å². The first-order valence-electron chi connectivity index (χ1n) is 9.04. The largest absolute Gasteiger partial charge is 0.497 e. The van der Waals surface area contributed by atoms with Crippen molar-refractivity contribution in [1.29, 1.82) is 0 Å². The zero-order chi connectivity index (χ0) is 18.6. The van der Waals surface area contributed by atoms with Crippen LogP contribution in [0.25, 0.3) is 0 Å². The molecule has 8 heteroatoms. The molecule has 0 aromatic heterocycles. The highest BCUT2D eigenvalue weighted by molar-refractivity contribution is 7.89. The molecule has 0 aliphatic carbocycles. The average Bonchev–Trinajstić information content (AvgIpc) is 3.20. The summed E-state index contributed by atoms with van der Waals surface area (Å²) < 4.78 is 37.5. The molecule has 2 saturated heterocycles. The molecule has 1 N–H and O–H groups in total. The van der Waals surface area contributed by atoms with Crippen molar-refractivity contribution in [2.75, 3.05) is 33.4 Å². The smallest absolute Gasteiger partial charge is 0.243 e. The third-order valence-electron chi connectivity index (χ3n) is 5.05. The zero-order valence-corrected chi connectivity index (χ0v) is 15.8. The number of rotatable bonds is 6. The Morgan fingerprint density at radius 1 is 1.23 bits per heavy atom. The molecule has 1 amide bonds. The van der Waals surface area contributed by atoms with Crippen LogP contribution in [-0.4, -0.2) is 58.1 Å².